The van der Waals surface area contributed by atoms with Crippen LogP contribution < -0.4 is 5.32 Å². The average molecular weight is 309 g/mol. The smallest absolute Gasteiger partial charge is 0.306 e. The van der Waals surface area contributed by atoms with Gasteiger partial charge in [-0.3, -0.25) is 14.5 Å². The van der Waals surface area contributed by atoms with Crippen molar-refractivity contribution in [3.8, 4) is 6.07 Å². The van der Waals surface area contributed by atoms with E-state index in [9.17, 15) is 9.59 Å². The fourth-order valence-corrected chi connectivity index (χ4v) is 2.64. The molecule has 1 saturated heterocycles. The van der Waals surface area contributed by atoms with Gasteiger partial charge in [0.2, 0.25) is 5.91 Å². The van der Waals surface area contributed by atoms with Crippen molar-refractivity contribution in [2.45, 2.75) is 46.6 Å². The van der Waals surface area contributed by atoms with Gasteiger partial charge < -0.3 is 10.1 Å². The summed E-state index contributed by atoms with van der Waals surface area (Å²) in [4.78, 5) is 25.8. The third-order valence-electron chi connectivity index (χ3n) is 3.68. The summed E-state index contributed by atoms with van der Waals surface area (Å²) in [5, 5.41) is 11.9. The van der Waals surface area contributed by atoms with E-state index in [1.807, 2.05) is 25.7 Å². The molecule has 0 radical (unpaired) electrons. The highest BCUT2D eigenvalue weighted by molar-refractivity contribution is 5.81. The van der Waals surface area contributed by atoms with E-state index in [4.69, 9.17) is 10.00 Å². The van der Waals surface area contributed by atoms with Crippen molar-refractivity contribution in [3.05, 3.63) is 0 Å². The van der Waals surface area contributed by atoms with E-state index in [1.165, 1.54) is 0 Å². The number of carbonyl (C=O) groups is 2. The van der Waals surface area contributed by atoms with Crippen LogP contribution in [0.2, 0.25) is 0 Å². The first-order valence-electron chi connectivity index (χ1n) is 7.82. The van der Waals surface area contributed by atoms with Crippen LogP contribution in [0.1, 0.15) is 40.5 Å². The highest BCUT2D eigenvalue weighted by atomic mass is 16.5. The van der Waals surface area contributed by atoms with Gasteiger partial charge >= 0.3 is 5.97 Å². The number of ether oxygens (including phenoxy) is 1. The molecule has 0 spiro atoms. The summed E-state index contributed by atoms with van der Waals surface area (Å²) in [6.07, 6.45) is 1.07. The first-order chi connectivity index (χ1) is 10.3. The van der Waals surface area contributed by atoms with Crippen LogP contribution in [0.25, 0.3) is 0 Å². The normalized spacial score (nSPS) is 22.7. The number of carbonyl (C=O) groups excluding carboxylic acids is 2. The molecule has 0 bridgehead atoms. The van der Waals surface area contributed by atoms with Crippen LogP contribution in [0.3, 0.4) is 0 Å². The molecule has 0 aromatic heterocycles. The summed E-state index contributed by atoms with van der Waals surface area (Å²) < 4.78 is 5.00. The van der Waals surface area contributed by atoms with Gasteiger partial charge in [0.15, 0.2) is 0 Å². The van der Waals surface area contributed by atoms with Gasteiger partial charge in [0.05, 0.1) is 19.2 Å². The summed E-state index contributed by atoms with van der Waals surface area (Å²) in [5.74, 6) is -0.121. The Morgan fingerprint density at radius 2 is 2.05 bits per heavy atom. The highest BCUT2D eigenvalue weighted by Crippen LogP contribution is 2.22. The Morgan fingerprint density at radius 1 is 1.36 bits per heavy atom. The molecule has 0 aliphatic carbocycles. The lowest BCUT2D eigenvalue weighted by Crippen LogP contribution is -2.53. The lowest BCUT2D eigenvalue weighted by atomic mass is 9.89. The van der Waals surface area contributed by atoms with Crippen LogP contribution in [0, 0.1) is 22.7 Å². The average Bonchev–Trinajstić information content (AvgIpc) is 2.37. The van der Waals surface area contributed by atoms with Gasteiger partial charge in [0.25, 0.3) is 0 Å². The van der Waals surface area contributed by atoms with E-state index in [2.05, 4.69) is 11.4 Å². The van der Waals surface area contributed by atoms with Crippen molar-refractivity contribution in [3.63, 3.8) is 0 Å². The van der Waals surface area contributed by atoms with Crippen molar-refractivity contribution < 1.29 is 14.3 Å². The van der Waals surface area contributed by atoms with Crippen molar-refractivity contribution in [1.29, 1.82) is 5.26 Å². The van der Waals surface area contributed by atoms with Gasteiger partial charge in [-0.05, 0) is 19.3 Å². The third kappa shape index (κ3) is 6.02. The van der Waals surface area contributed by atoms with Crippen LogP contribution in [-0.2, 0) is 14.3 Å². The molecule has 2 unspecified atom stereocenters. The Balaban J connectivity index is 2.66. The van der Waals surface area contributed by atoms with Crippen LogP contribution in [0.4, 0.5) is 0 Å². The van der Waals surface area contributed by atoms with Crippen LogP contribution in [0.5, 0.6) is 0 Å². The topological polar surface area (TPSA) is 82.4 Å². The Kier molecular flexibility index (Phi) is 6.82. The second-order valence-corrected chi connectivity index (χ2v) is 6.88. The predicted molar refractivity (Wildman–Crippen MR) is 82.8 cm³/mol. The van der Waals surface area contributed by atoms with Gasteiger partial charge in [0, 0.05) is 31.0 Å². The minimum absolute atomic E-state index is 0.00816. The number of nitriles is 1. The number of rotatable bonds is 5. The molecular weight excluding hydrogens is 282 g/mol. The second-order valence-electron chi connectivity index (χ2n) is 6.88. The second kappa shape index (κ2) is 8.14. The van der Waals surface area contributed by atoms with Gasteiger partial charge in [-0.2, -0.15) is 5.26 Å². The number of piperidine rings is 1. The number of amides is 1. The Hall–Kier alpha value is -1.61. The molecule has 1 fully saturated rings. The number of hydrogen-bond acceptors (Lipinski definition) is 5. The SMILES string of the molecule is CCOC(=O)CC1CC(NC(=O)C(C)(C)C)CN(CC#N)C1. The lowest BCUT2D eigenvalue weighted by molar-refractivity contribution is -0.144. The Labute approximate surface area is 132 Å². The quantitative estimate of drug-likeness (QED) is 0.612. The van der Waals surface area contributed by atoms with Crippen molar-refractivity contribution in [2.24, 2.45) is 11.3 Å². The molecule has 0 saturated carbocycles. The molecule has 1 rings (SSSR count). The molecule has 1 heterocycles. The Bertz CT molecular complexity index is 437. The molecule has 6 nitrogen and oxygen atoms in total. The number of nitrogens with zero attached hydrogens (tertiary/aromatic N) is 2. The van der Waals surface area contributed by atoms with Crippen molar-refractivity contribution >= 4 is 11.9 Å². The zero-order chi connectivity index (χ0) is 16.8. The summed E-state index contributed by atoms with van der Waals surface area (Å²) in [5.41, 5.74) is -0.450. The third-order valence-corrected chi connectivity index (χ3v) is 3.68. The summed E-state index contributed by atoms with van der Waals surface area (Å²) in [6, 6.07) is 2.10. The number of nitrogens with one attached hydrogen (secondary N) is 1. The van der Waals surface area contributed by atoms with E-state index in [1.54, 1.807) is 6.92 Å². The minimum Gasteiger partial charge on any atom is -0.466 e. The summed E-state index contributed by atoms with van der Waals surface area (Å²) >= 11 is 0. The number of esters is 1. The van der Waals surface area contributed by atoms with E-state index < -0.39 is 5.41 Å². The van der Waals surface area contributed by atoms with Crippen LogP contribution in [-0.4, -0.2) is 49.1 Å². The molecule has 0 aromatic carbocycles. The monoisotopic (exact) mass is 309 g/mol. The maximum atomic E-state index is 12.1. The summed E-state index contributed by atoms with van der Waals surface area (Å²) in [6.45, 7) is 9.41. The first kappa shape index (κ1) is 18.4. The van der Waals surface area contributed by atoms with Gasteiger partial charge in [0.1, 0.15) is 0 Å². The predicted octanol–water partition coefficient (Wildman–Crippen LogP) is 1.32. The molecular formula is C16H27N3O3. The maximum Gasteiger partial charge on any atom is 0.306 e. The highest BCUT2D eigenvalue weighted by Gasteiger charge is 2.32. The molecule has 1 amide bonds. The number of likely N-dealkylation sites (tertiary alicyclic amines) is 1. The molecule has 6 heteroatoms. The number of hydrogen-bond donors (Lipinski definition) is 1. The minimum atomic E-state index is -0.450. The maximum absolute atomic E-state index is 12.1. The fraction of sp³-hybridized carbons (Fsp3) is 0.812. The first-order valence-corrected chi connectivity index (χ1v) is 7.82. The standard InChI is InChI=1S/C16H27N3O3/c1-5-22-14(20)9-12-8-13(11-19(10-12)7-6-17)18-15(21)16(2,3)4/h12-13H,5,7-11H2,1-4H3,(H,18,21). The van der Waals surface area contributed by atoms with Crippen molar-refractivity contribution in [2.75, 3.05) is 26.2 Å². The van der Waals surface area contributed by atoms with Gasteiger partial charge in [-0.1, -0.05) is 20.8 Å². The summed E-state index contributed by atoms with van der Waals surface area (Å²) in [7, 11) is 0. The molecule has 1 aliphatic heterocycles. The van der Waals surface area contributed by atoms with E-state index in [0.717, 1.165) is 6.42 Å². The molecule has 22 heavy (non-hydrogen) atoms. The lowest BCUT2D eigenvalue weighted by Gasteiger charge is -2.37. The Morgan fingerprint density at radius 3 is 2.59 bits per heavy atom. The van der Waals surface area contributed by atoms with Gasteiger partial charge in [-0.25, -0.2) is 0 Å². The molecule has 1 aliphatic rings. The molecule has 2 atom stereocenters. The van der Waals surface area contributed by atoms with E-state index >= 15 is 0 Å². The van der Waals surface area contributed by atoms with Gasteiger partial charge in [-0.15, -0.1) is 0 Å². The fourth-order valence-electron chi connectivity index (χ4n) is 2.64. The zero-order valence-corrected chi connectivity index (χ0v) is 14.0. The zero-order valence-electron chi connectivity index (χ0n) is 14.0. The van der Waals surface area contributed by atoms with Crippen LogP contribution in [0.15, 0.2) is 0 Å². The van der Waals surface area contributed by atoms with Crippen molar-refractivity contribution in [1.82, 2.24) is 10.2 Å². The largest absolute Gasteiger partial charge is 0.466 e. The molecule has 1 N–H and O–H groups in total. The van der Waals surface area contributed by atoms with Crippen LogP contribution >= 0.6 is 0 Å². The van der Waals surface area contributed by atoms with E-state index in [0.29, 0.717) is 32.7 Å². The molecule has 0 aromatic rings. The molecule has 124 valence electrons. The van der Waals surface area contributed by atoms with E-state index in [-0.39, 0.29) is 23.8 Å².